The van der Waals surface area contributed by atoms with Gasteiger partial charge in [0.2, 0.25) is 0 Å². The van der Waals surface area contributed by atoms with Crippen molar-refractivity contribution in [2.24, 2.45) is 0 Å². The average Bonchev–Trinajstić information content (AvgIpc) is 2.10. The van der Waals surface area contributed by atoms with Crippen LogP contribution in [0.1, 0.15) is 12.8 Å². The third kappa shape index (κ3) is 3.00. The Hall–Kier alpha value is -1.09. The zero-order valence-corrected chi connectivity index (χ0v) is 8.89. The highest BCUT2D eigenvalue weighted by Crippen LogP contribution is 2.14. The zero-order valence-electron chi connectivity index (χ0n) is 8.07. The van der Waals surface area contributed by atoms with Crippen LogP contribution in [0.2, 0.25) is 0 Å². The molecule has 1 rings (SSSR count). The zero-order chi connectivity index (χ0) is 10.6. The lowest BCUT2D eigenvalue weighted by Gasteiger charge is -2.05. The maximum atomic E-state index is 11.5. The van der Waals surface area contributed by atoms with Gasteiger partial charge >= 0.3 is 0 Å². The first-order valence-corrected chi connectivity index (χ1v) is 6.12. The Labute approximate surface area is 85.2 Å². The Balaban J connectivity index is 2.94. The van der Waals surface area contributed by atoms with E-state index in [2.05, 4.69) is 13.2 Å². The molecular formula is C11H14O2S. The molecule has 2 nitrogen and oxygen atoms in total. The fourth-order valence-corrected chi connectivity index (χ4v) is 2.23. The lowest BCUT2D eigenvalue weighted by molar-refractivity contribution is 0.600. The molecule has 76 valence electrons. The van der Waals surface area contributed by atoms with Crippen molar-refractivity contribution in [1.82, 2.24) is 0 Å². The van der Waals surface area contributed by atoms with Crippen LogP contribution in [0.5, 0.6) is 0 Å². The molecule has 1 heterocycles. The van der Waals surface area contributed by atoms with Crippen LogP contribution in [-0.4, -0.2) is 14.2 Å². The summed E-state index contributed by atoms with van der Waals surface area (Å²) in [5.41, 5.74) is 0.956. The maximum absolute atomic E-state index is 11.5. The van der Waals surface area contributed by atoms with Crippen molar-refractivity contribution >= 4 is 9.84 Å². The summed E-state index contributed by atoms with van der Waals surface area (Å²) in [7, 11) is -3.14. The van der Waals surface area contributed by atoms with E-state index in [0.29, 0.717) is 6.42 Å². The molecule has 0 fully saturated rings. The van der Waals surface area contributed by atoms with Gasteiger partial charge in [0.1, 0.15) is 0 Å². The van der Waals surface area contributed by atoms with Gasteiger partial charge in [-0.15, -0.1) is 0 Å². The summed E-state index contributed by atoms with van der Waals surface area (Å²) in [5, 5.41) is 0. The summed E-state index contributed by atoms with van der Waals surface area (Å²) in [6.07, 6.45) is 8.20. The molecule has 0 amide bonds. The minimum Gasteiger partial charge on any atom is -0.224 e. The Kier molecular flexibility index (Phi) is 3.47. The predicted molar refractivity (Wildman–Crippen MR) is 59.6 cm³/mol. The fourth-order valence-electron chi connectivity index (χ4n) is 1.16. The van der Waals surface area contributed by atoms with Crippen molar-refractivity contribution in [2.75, 3.05) is 5.75 Å². The minimum atomic E-state index is -3.14. The van der Waals surface area contributed by atoms with Crippen LogP contribution in [0.4, 0.5) is 0 Å². The third-order valence-corrected chi connectivity index (χ3v) is 3.80. The third-order valence-electron chi connectivity index (χ3n) is 2.04. The second-order valence-corrected chi connectivity index (χ2v) is 5.43. The molecule has 0 N–H and O–H groups in total. The highest BCUT2D eigenvalue weighted by molar-refractivity contribution is 7.95. The van der Waals surface area contributed by atoms with E-state index >= 15 is 0 Å². The lowest BCUT2D eigenvalue weighted by Crippen LogP contribution is -2.07. The molecule has 0 atom stereocenters. The summed E-state index contributed by atoms with van der Waals surface area (Å²) >= 11 is 0. The first-order valence-electron chi connectivity index (χ1n) is 4.46. The summed E-state index contributed by atoms with van der Waals surface area (Å²) in [5.74, 6) is 0.156. The molecule has 3 heteroatoms. The van der Waals surface area contributed by atoms with E-state index in [0.717, 1.165) is 12.0 Å². The Morgan fingerprint density at radius 1 is 1.14 bits per heavy atom. The molecular weight excluding hydrogens is 196 g/mol. The number of hydrogen-bond donors (Lipinski definition) is 0. The van der Waals surface area contributed by atoms with Gasteiger partial charge in [-0.1, -0.05) is 37.0 Å². The van der Waals surface area contributed by atoms with Crippen LogP contribution < -0.4 is 0 Å². The molecule has 0 saturated heterocycles. The number of rotatable bonds is 0. The maximum Gasteiger partial charge on any atom is 0.177 e. The lowest BCUT2D eigenvalue weighted by atomic mass is 10.1. The van der Waals surface area contributed by atoms with E-state index in [-0.39, 0.29) is 10.7 Å². The van der Waals surface area contributed by atoms with Crippen molar-refractivity contribution < 1.29 is 8.42 Å². The molecule has 0 aliphatic carbocycles. The van der Waals surface area contributed by atoms with Gasteiger partial charge in [0, 0.05) is 0 Å². The van der Waals surface area contributed by atoms with Crippen molar-refractivity contribution in [3.63, 3.8) is 0 Å². The van der Waals surface area contributed by atoms with E-state index in [1.54, 1.807) is 12.2 Å². The van der Waals surface area contributed by atoms with Crippen LogP contribution >= 0.6 is 0 Å². The smallest absolute Gasteiger partial charge is 0.177 e. The second kappa shape index (κ2) is 4.42. The van der Waals surface area contributed by atoms with Crippen LogP contribution in [0.25, 0.3) is 0 Å². The fraction of sp³-hybridized carbons (Fsp3) is 0.273. The molecule has 0 aromatic heterocycles. The number of sulfone groups is 1. The van der Waals surface area contributed by atoms with Crippen LogP contribution in [-0.2, 0) is 9.84 Å². The molecule has 1 aliphatic rings. The SMILES string of the molecule is C=C1/C=C\C=C/C(=C)S(=O)(=O)CCC1. The summed E-state index contributed by atoms with van der Waals surface area (Å²) in [4.78, 5) is 0.190. The summed E-state index contributed by atoms with van der Waals surface area (Å²) in [6.45, 7) is 7.35. The Bertz CT molecular complexity index is 397. The van der Waals surface area contributed by atoms with E-state index in [1.807, 2.05) is 6.08 Å². The molecule has 0 spiro atoms. The first kappa shape index (κ1) is 11.0. The predicted octanol–water partition coefficient (Wildman–Crippen LogP) is 2.38. The van der Waals surface area contributed by atoms with Gasteiger partial charge in [0.05, 0.1) is 10.7 Å². The van der Waals surface area contributed by atoms with Gasteiger partial charge in [0.25, 0.3) is 0 Å². The molecule has 0 bridgehead atoms. The van der Waals surface area contributed by atoms with Gasteiger partial charge in [-0.25, -0.2) is 8.42 Å². The summed E-state index contributed by atoms with van der Waals surface area (Å²) < 4.78 is 23.0. The number of allylic oxidation sites excluding steroid dienone is 5. The van der Waals surface area contributed by atoms with Gasteiger partial charge in [0.15, 0.2) is 9.84 Å². The van der Waals surface area contributed by atoms with E-state index in [9.17, 15) is 8.42 Å². The quantitative estimate of drug-likeness (QED) is 0.615. The highest BCUT2D eigenvalue weighted by Gasteiger charge is 2.13. The standard InChI is InChI=1S/C11H14O2S/c1-10-6-3-4-8-11(2)14(12,13)9-5-7-10/h3-4,6,8H,1-2,5,7,9H2/b6-3-,8-4-. The average molecular weight is 210 g/mol. The molecule has 1 aliphatic heterocycles. The van der Waals surface area contributed by atoms with Crippen LogP contribution in [0.15, 0.2) is 47.9 Å². The second-order valence-electron chi connectivity index (χ2n) is 3.27. The van der Waals surface area contributed by atoms with Crippen molar-refractivity contribution in [2.45, 2.75) is 12.8 Å². The molecule has 0 unspecified atom stereocenters. The van der Waals surface area contributed by atoms with Gasteiger partial charge < -0.3 is 0 Å². The summed E-state index contributed by atoms with van der Waals surface area (Å²) in [6, 6.07) is 0. The van der Waals surface area contributed by atoms with Crippen LogP contribution in [0, 0.1) is 0 Å². The van der Waals surface area contributed by atoms with E-state index < -0.39 is 9.84 Å². The van der Waals surface area contributed by atoms with E-state index in [1.165, 1.54) is 6.08 Å². The van der Waals surface area contributed by atoms with Crippen molar-refractivity contribution in [1.29, 1.82) is 0 Å². The van der Waals surface area contributed by atoms with Crippen LogP contribution in [0.3, 0.4) is 0 Å². The molecule has 0 radical (unpaired) electrons. The number of hydrogen-bond acceptors (Lipinski definition) is 2. The molecule has 0 aromatic rings. The topological polar surface area (TPSA) is 34.1 Å². The first-order chi connectivity index (χ1) is 6.52. The van der Waals surface area contributed by atoms with Gasteiger partial charge in [-0.05, 0) is 18.9 Å². The van der Waals surface area contributed by atoms with Crippen molar-refractivity contribution in [3.8, 4) is 0 Å². The van der Waals surface area contributed by atoms with Crippen molar-refractivity contribution in [3.05, 3.63) is 47.9 Å². The van der Waals surface area contributed by atoms with Gasteiger partial charge in [-0.2, -0.15) is 0 Å². The highest BCUT2D eigenvalue weighted by atomic mass is 32.2. The largest absolute Gasteiger partial charge is 0.224 e. The monoisotopic (exact) mass is 210 g/mol. The molecule has 14 heavy (non-hydrogen) atoms. The molecule has 0 saturated carbocycles. The molecule has 0 aromatic carbocycles. The van der Waals surface area contributed by atoms with E-state index in [4.69, 9.17) is 0 Å². The Morgan fingerprint density at radius 3 is 2.50 bits per heavy atom. The minimum absolute atomic E-state index is 0.156. The Morgan fingerprint density at radius 2 is 1.79 bits per heavy atom. The van der Waals surface area contributed by atoms with Gasteiger partial charge in [-0.3, -0.25) is 0 Å². The normalized spacial score (nSPS) is 26.9.